The highest BCUT2D eigenvalue weighted by atomic mass is 35.5. The highest BCUT2D eigenvalue weighted by Gasteiger charge is 2.43. The third-order valence-electron chi connectivity index (χ3n) is 6.97. The molecule has 5 aromatic rings. The minimum absolute atomic E-state index is 0.0610. The van der Waals surface area contributed by atoms with Crippen molar-refractivity contribution in [3.05, 3.63) is 140 Å². The van der Waals surface area contributed by atoms with Crippen molar-refractivity contribution in [1.29, 1.82) is 0 Å². The van der Waals surface area contributed by atoms with Gasteiger partial charge in [-0.05, 0) is 53.1 Å². The van der Waals surface area contributed by atoms with E-state index in [1.165, 1.54) is 24.1 Å². The number of carbonyl (C=O) groups is 1. The lowest BCUT2D eigenvalue weighted by molar-refractivity contribution is 0.0714. The predicted octanol–water partition coefficient (Wildman–Crippen LogP) is 6.92. The molecule has 8 heteroatoms. The van der Waals surface area contributed by atoms with Crippen LogP contribution in [-0.4, -0.2) is 17.9 Å². The molecule has 1 aliphatic heterocycles. The first-order chi connectivity index (χ1) is 19.4. The molecule has 0 saturated heterocycles. The van der Waals surface area contributed by atoms with Crippen LogP contribution in [-0.2, 0) is 13.2 Å². The standard InChI is InChI=1S/C32H23ClFNO5/c1-38-27-15-20(11-13-26(27)39-18-19-7-3-2-4-8-19)29-28-30(36)23-16-22(34)12-14-25(23)40-31(28)32(37)35(29)17-21-9-5-6-10-24(21)33/h2-16,29H,17-18H2,1H3. The molecular weight excluding hydrogens is 533 g/mol. The van der Waals surface area contributed by atoms with Gasteiger partial charge in [0.15, 0.2) is 16.9 Å². The van der Waals surface area contributed by atoms with Gasteiger partial charge in [-0.3, -0.25) is 9.59 Å². The summed E-state index contributed by atoms with van der Waals surface area (Å²) in [5, 5.41) is 0.546. The zero-order valence-electron chi connectivity index (χ0n) is 21.4. The van der Waals surface area contributed by atoms with E-state index in [0.29, 0.717) is 34.3 Å². The van der Waals surface area contributed by atoms with Crippen LogP contribution in [0.5, 0.6) is 11.5 Å². The fourth-order valence-corrected chi connectivity index (χ4v) is 5.22. The number of carbonyl (C=O) groups excluding carboxylic acids is 1. The van der Waals surface area contributed by atoms with Crippen molar-refractivity contribution in [2.24, 2.45) is 0 Å². The monoisotopic (exact) mass is 555 g/mol. The van der Waals surface area contributed by atoms with Gasteiger partial charge in [-0.2, -0.15) is 0 Å². The molecular formula is C32H23ClFNO5. The molecule has 200 valence electrons. The van der Waals surface area contributed by atoms with Crippen molar-refractivity contribution >= 4 is 28.5 Å². The number of hydrogen-bond donors (Lipinski definition) is 0. The second-order valence-electron chi connectivity index (χ2n) is 9.43. The second-order valence-corrected chi connectivity index (χ2v) is 9.83. The van der Waals surface area contributed by atoms with Crippen LogP contribution < -0.4 is 14.9 Å². The molecule has 0 aliphatic carbocycles. The molecule has 2 heterocycles. The topological polar surface area (TPSA) is 69.0 Å². The lowest BCUT2D eigenvalue weighted by Crippen LogP contribution is -2.29. The molecule has 0 bridgehead atoms. The quantitative estimate of drug-likeness (QED) is 0.218. The van der Waals surface area contributed by atoms with Gasteiger partial charge in [0.1, 0.15) is 18.0 Å². The summed E-state index contributed by atoms with van der Waals surface area (Å²) in [4.78, 5) is 29.1. The number of methoxy groups -OCH3 is 1. The first-order valence-electron chi connectivity index (χ1n) is 12.6. The number of rotatable bonds is 7. The molecule has 1 atom stereocenters. The molecule has 0 N–H and O–H groups in total. The van der Waals surface area contributed by atoms with E-state index < -0.39 is 23.2 Å². The van der Waals surface area contributed by atoms with Crippen LogP contribution in [0.4, 0.5) is 4.39 Å². The summed E-state index contributed by atoms with van der Waals surface area (Å²) in [6, 6.07) is 25.0. The Morgan fingerprint density at radius 2 is 1.70 bits per heavy atom. The maximum atomic E-state index is 14.1. The van der Waals surface area contributed by atoms with Crippen LogP contribution in [0.15, 0.2) is 100 Å². The summed E-state index contributed by atoms with van der Waals surface area (Å²) in [6.45, 7) is 0.452. The Balaban J connectivity index is 1.46. The maximum Gasteiger partial charge on any atom is 0.291 e. The molecule has 1 unspecified atom stereocenters. The van der Waals surface area contributed by atoms with E-state index in [0.717, 1.165) is 11.6 Å². The van der Waals surface area contributed by atoms with Crippen LogP contribution in [0.2, 0.25) is 5.02 Å². The Labute approximate surface area is 234 Å². The van der Waals surface area contributed by atoms with E-state index in [1.807, 2.05) is 42.5 Å². The van der Waals surface area contributed by atoms with E-state index in [9.17, 15) is 14.0 Å². The third kappa shape index (κ3) is 4.58. The SMILES string of the molecule is COc1cc(C2c3c(oc4ccc(F)cc4c3=O)C(=O)N2Cc2ccccc2Cl)ccc1OCc1ccccc1. The van der Waals surface area contributed by atoms with E-state index >= 15 is 0 Å². The fourth-order valence-electron chi connectivity index (χ4n) is 5.02. The summed E-state index contributed by atoms with van der Waals surface area (Å²) in [7, 11) is 1.52. The summed E-state index contributed by atoms with van der Waals surface area (Å²) in [5.41, 5.74) is 2.10. The predicted molar refractivity (Wildman–Crippen MR) is 149 cm³/mol. The van der Waals surface area contributed by atoms with E-state index in [-0.39, 0.29) is 28.8 Å². The maximum absolute atomic E-state index is 14.1. The van der Waals surface area contributed by atoms with Gasteiger partial charge >= 0.3 is 0 Å². The lowest BCUT2D eigenvalue weighted by Gasteiger charge is -2.26. The van der Waals surface area contributed by atoms with Gasteiger partial charge in [-0.15, -0.1) is 0 Å². The Bertz CT molecular complexity index is 1800. The van der Waals surface area contributed by atoms with Gasteiger partial charge < -0.3 is 18.8 Å². The first kappa shape index (κ1) is 25.6. The zero-order valence-corrected chi connectivity index (χ0v) is 22.2. The van der Waals surface area contributed by atoms with Crippen molar-refractivity contribution in [2.45, 2.75) is 19.2 Å². The van der Waals surface area contributed by atoms with Crippen molar-refractivity contribution in [3.63, 3.8) is 0 Å². The summed E-state index contributed by atoms with van der Waals surface area (Å²) < 4.78 is 31.7. The average molecular weight is 556 g/mol. The number of nitrogens with zero attached hydrogens (tertiary/aromatic N) is 1. The zero-order chi connectivity index (χ0) is 27.8. The van der Waals surface area contributed by atoms with Gasteiger partial charge in [0.25, 0.3) is 5.91 Å². The van der Waals surface area contributed by atoms with E-state index in [4.69, 9.17) is 25.5 Å². The van der Waals surface area contributed by atoms with Crippen LogP contribution in [0, 0.1) is 5.82 Å². The normalized spacial score (nSPS) is 14.4. The molecule has 0 saturated carbocycles. The number of fused-ring (bicyclic) bond motifs is 2. The third-order valence-corrected chi connectivity index (χ3v) is 7.34. The van der Waals surface area contributed by atoms with Gasteiger partial charge in [0.2, 0.25) is 5.76 Å². The average Bonchev–Trinajstić information content (AvgIpc) is 3.25. The van der Waals surface area contributed by atoms with Crippen molar-refractivity contribution < 1.29 is 23.1 Å². The Morgan fingerprint density at radius 3 is 2.48 bits per heavy atom. The van der Waals surface area contributed by atoms with E-state index in [1.54, 1.807) is 30.3 Å². The molecule has 40 heavy (non-hydrogen) atoms. The Kier molecular flexibility index (Phi) is 6.74. The largest absolute Gasteiger partial charge is 0.493 e. The molecule has 0 fully saturated rings. The Morgan fingerprint density at radius 1 is 0.925 bits per heavy atom. The summed E-state index contributed by atoms with van der Waals surface area (Å²) in [6.07, 6.45) is 0. The van der Waals surface area contributed by atoms with Crippen LogP contribution in [0.1, 0.15) is 38.9 Å². The number of benzene rings is 4. The van der Waals surface area contributed by atoms with Crippen LogP contribution >= 0.6 is 11.6 Å². The first-order valence-corrected chi connectivity index (χ1v) is 13.0. The molecule has 1 amide bonds. The minimum atomic E-state index is -0.834. The van der Waals surface area contributed by atoms with Crippen molar-refractivity contribution in [3.8, 4) is 11.5 Å². The number of hydrogen-bond acceptors (Lipinski definition) is 5. The van der Waals surface area contributed by atoms with Crippen LogP contribution in [0.25, 0.3) is 11.0 Å². The van der Waals surface area contributed by atoms with Gasteiger partial charge in [0, 0.05) is 11.6 Å². The van der Waals surface area contributed by atoms with Crippen molar-refractivity contribution in [1.82, 2.24) is 4.90 Å². The Hall–Kier alpha value is -4.62. The second kappa shape index (κ2) is 10.5. The highest BCUT2D eigenvalue weighted by molar-refractivity contribution is 6.31. The lowest BCUT2D eigenvalue weighted by atomic mass is 9.97. The van der Waals surface area contributed by atoms with Crippen molar-refractivity contribution in [2.75, 3.05) is 7.11 Å². The number of amides is 1. The molecule has 1 aromatic heterocycles. The summed E-state index contributed by atoms with van der Waals surface area (Å²) in [5.74, 6) is -0.181. The molecule has 0 radical (unpaired) electrons. The smallest absolute Gasteiger partial charge is 0.291 e. The van der Waals surface area contributed by atoms with Gasteiger partial charge in [-0.1, -0.05) is 66.2 Å². The van der Waals surface area contributed by atoms with Gasteiger partial charge in [-0.25, -0.2) is 4.39 Å². The van der Waals surface area contributed by atoms with Gasteiger partial charge in [0.05, 0.1) is 24.1 Å². The molecule has 6 nitrogen and oxygen atoms in total. The number of ether oxygens (including phenoxy) is 2. The molecule has 0 spiro atoms. The van der Waals surface area contributed by atoms with E-state index in [2.05, 4.69) is 0 Å². The fraction of sp³-hybridized carbons (Fsp3) is 0.125. The highest BCUT2D eigenvalue weighted by Crippen LogP contribution is 2.42. The summed E-state index contributed by atoms with van der Waals surface area (Å²) >= 11 is 6.44. The number of halogens is 2. The molecule has 6 rings (SSSR count). The minimum Gasteiger partial charge on any atom is -0.493 e. The molecule has 4 aromatic carbocycles. The van der Waals surface area contributed by atoms with Crippen LogP contribution in [0.3, 0.4) is 0 Å². The molecule has 1 aliphatic rings.